The van der Waals surface area contributed by atoms with E-state index in [-0.39, 0.29) is 0 Å². The van der Waals surface area contributed by atoms with Crippen LogP contribution in [0, 0.1) is 6.92 Å². The fraction of sp³-hybridized carbons (Fsp3) is 0.714. The fourth-order valence-corrected chi connectivity index (χ4v) is 3.43. The Kier molecular flexibility index (Phi) is 5.01. The molecule has 0 bridgehead atoms. The molecule has 0 aromatic carbocycles. The third kappa shape index (κ3) is 4.09. The number of nitrogens with one attached hydrogen (secondary N) is 1. The maximum atomic E-state index is 3.54. The fourth-order valence-electron chi connectivity index (χ4n) is 2.57. The number of rotatable bonds is 6. The molecule has 0 unspecified atom stereocenters. The van der Waals surface area contributed by atoms with Crippen LogP contribution in [0.25, 0.3) is 0 Å². The summed E-state index contributed by atoms with van der Waals surface area (Å²) < 4.78 is 0. The van der Waals surface area contributed by atoms with Crippen LogP contribution in [0.2, 0.25) is 0 Å². The number of nitrogens with zero attached hydrogens (tertiary/aromatic N) is 1. The maximum Gasteiger partial charge on any atom is 0.0300 e. The molecule has 0 radical (unpaired) electrons. The van der Waals surface area contributed by atoms with E-state index in [1.54, 1.807) is 0 Å². The smallest absolute Gasteiger partial charge is 0.0300 e. The lowest BCUT2D eigenvalue weighted by Crippen LogP contribution is -2.35. The van der Waals surface area contributed by atoms with Crippen molar-refractivity contribution >= 4 is 11.3 Å². The predicted molar refractivity (Wildman–Crippen MR) is 75.6 cm³/mol. The average Bonchev–Trinajstić information content (AvgIpc) is 2.95. The van der Waals surface area contributed by atoms with Gasteiger partial charge < -0.3 is 10.2 Å². The highest BCUT2D eigenvalue weighted by Crippen LogP contribution is 2.21. The molecule has 1 fully saturated rings. The Balaban J connectivity index is 1.59. The van der Waals surface area contributed by atoms with Crippen molar-refractivity contribution in [1.29, 1.82) is 0 Å². The minimum atomic E-state index is 0.848. The van der Waals surface area contributed by atoms with E-state index in [2.05, 4.69) is 36.3 Å². The van der Waals surface area contributed by atoms with E-state index in [1.165, 1.54) is 42.0 Å². The number of hydrogen-bond donors (Lipinski definition) is 1. The van der Waals surface area contributed by atoms with Gasteiger partial charge >= 0.3 is 0 Å². The average molecular weight is 252 g/mol. The molecule has 0 saturated heterocycles. The van der Waals surface area contributed by atoms with Crippen LogP contribution in [-0.2, 0) is 6.54 Å². The SMILES string of the molecule is Cc1ccc(CNCCN(C)C2CCCC2)s1. The molecule has 1 aromatic rings. The van der Waals surface area contributed by atoms with Crippen molar-refractivity contribution in [3.8, 4) is 0 Å². The summed E-state index contributed by atoms with van der Waals surface area (Å²) in [6.07, 6.45) is 5.66. The Morgan fingerprint density at radius 3 is 2.76 bits per heavy atom. The summed E-state index contributed by atoms with van der Waals surface area (Å²) in [5.41, 5.74) is 0. The van der Waals surface area contributed by atoms with Gasteiger partial charge in [-0.2, -0.15) is 0 Å². The quantitative estimate of drug-likeness (QED) is 0.783. The summed E-state index contributed by atoms with van der Waals surface area (Å²) in [6, 6.07) is 5.28. The molecule has 1 aromatic heterocycles. The largest absolute Gasteiger partial charge is 0.311 e. The first-order valence-electron chi connectivity index (χ1n) is 6.72. The second-order valence-electron chi connectivity index (χ2n) is 5.11. The van der Waals surface area contributed by atoms with Crippen LogP contribution in [0.3, 0.4) is 0 Å². The van der Waals surface area contributed by atoms with Crippen LogP contribution in [0.5, 0.6) is 0 Å². The normalized spacial score (nSPS) is 17.1. The number of thiophene rings is 1. The van der Waals surface area contributed by atoms with Crippen molar-refractivity contribution in [2.45, 2.75) is 45.2 Å². The zero-order valence-electron chi connectivity index (χ0n) is 11.0. The molecule has 1 saturated carbocycles. The van der Waals surface area contributed by atoms with Crippen LogP contribution >= 0.6 is 11.3 Å². The monoisotopic (exact) mass is 252 g/mol. The maximum absolute atomic E-state index is 3.54. The van der Waals surface area contributed by atoms with Crippen molar-refractivity contribution in [3.05, 3.63) is 21.9 Å². The van der Waals surface area contributed by atoms with Crippen LogP contribution < -0.4 is 5.32 Å². The lowest BCUT2D eigenvalue weighted by Gasteiger charge is -2.23. The van der Waals surface area contributed by atoms with Gasteiger partial charge in [-0.25, -0.2) is 0 Å². The highest BCUT2D eigenvalue weighted by Gasteiger charge is 2.18. The molecule has 0 aliphatic heterocycles. The number of aryl methyl sites for hydroxylation is 1. The molecule has 0 amide bonds. The van der Waals surface area contributed by atoms with E-state index in [4.69, 9.17) is 0 Å². The standard InChI is InChI=1S/C14H24N2S/c1-12-7-8-14(17-12)11-15-9-10-16(2)13-5-3-4-6-13/h7-8,13,15H,3-6,9-11H2,1-2H3. The molecular weight excluding hydrogens is 228 g/mol. The zero-order valence-corrected chi connectivity index (χ0v) is 11.9. The van der Waals surface area contributed by atoms with E-state index in [0.29, 0.717) is 0 Å². The van der Waals surface area contributed by atoms with Gasteiger partial charge in [0.25, 0.3) is 0 Å². The highest BCUT2D eigenvalue weighted by atomic mass is 32.1. The van der Waals surface area contributed by atoms with Crippen LogP contribution in [0.15, 0.2) is 12.1 Å². The van der Waals surface area contributed by atoms with Gasteiger partial charge in [-0.05, 0) is 38.9 Å². The third-order valence-corrected chi connectivity index (χ3v) is 4.69. The summed E-state index contributed by atoms with van der Waals surface area (Å²) in [7, 11) is 2.27. The first-order chi connectivity index (χ1) is 8.25. The Morgan fingerprint density at radius 2 is 2.12 bits per heavy atom. The van der Waals surface area contributed by atoms with Crippen LogP contribution in [0.1, 0.15) is 35.4 Å². The van der Waals surface area contributed by atoms with Gasteiger partial charge in [-0.1, -0.05) is 12.8 Å². The molecule has 2 rings (SSSR count). The van der Waals surface area contributed by atoms with E-state index in [1.807, 2.05) is 11.3 Å². The van der Waals surface area contributed by atoms with Crippen molar-refractivity contribution in [2.75, 3.05) is 20.1 Å². The molecule has 0 spiro atoms. The van der Waals surface area contributed by atoms with Gasteiger partial charge in [0.15, 0.2) is 0 Å². The van der Waals surface area contributed by atoms with Gasteiger partial charge in [-0.15, -0.1) is 11.3 Å². The molecule has 1 aliphatic carbocycles. The first kappa shape index (κ1) is 13.1. The molecule has 0 atom stereocenters. The topological polar surface area (TPSA) is 15.3 Å². The van der Waals surface area contributed by atoms with Gasteiger partial charge in [0.05, 0.1) is 0 Å². The highest BCUT2D eigenvalue weighted by molar-refractivity contribution is 7.11. The third-order valence-electron chi connectivity index (χ3n) is 3.68. The van der Waals surface area contributed by atoms with Gasteiger partial charge in [0, 0.05) is 35.4 Å². The Bertz CT molecular complexity index is 329. The molecule has 2 nitrogen and oxygen atoms in total. The van der Waals surface area contributed by atoms with E-state index < -0.39 is 0 Å². The van der Waals surface area contributed by atoms with Crippen LogP contribution in [0.4, 0.5) is 0 Å². The molecule has 17 heavy (non-hydrogen) atoms. The van der Waals surface area contributed by atoms with Crippen molar-refractivity contribution in [3.63, 3.8) is 0 Å². The lowest BCUT2D eigenvalue weighted by molar-refractivity contribution is 0.245. The summed E-state index contributed by atoms with van der Waals surface area (Å²) in [6.45, 7) is 5.47. The molecule has 3 heteroatoms. The Hall–Kier alpha value is -0.380. The van der Waals surface area contributed by atoms with Gasteiger partial charge in [0.2, 0.25) is 0 Å². The molecular formula is C14H24N2S. The number of hydrogen-bond acceptors (Lipinski definition) is 3. The van der Waals surface area contributed by atoms with Gasteiger partial charge in [0.1, 0.15) is 0 Å². The molecule has 96 valence electrons. The molecule has 1 heterocycles. The molecule has 1 aliphatic rings. The minimum Gasteiger partial charge on any atom is -0.311 e. The predicted octanol–water partition coefficient (Wildman–Crippen LogP) is 3.02. The van der Waals surface area contributed by atoms with Crippen molar-refractivity contribution < 1.29 is 0 Å². The van der Waals surface area contributed by atoms with Crippen molar-refractivity contribution in [1.82, 2.24) is 10.2 Å². The first-order valence-corrected chi connectivity index (χ1v) is 7.53. The molecule has 1 N–H and O–H groups in total. The van der Waals surface area contributed by atoms with Gasteiger partial charge in [-0.3, -0.25) is 0 Å². The summed E-state index contributed by atoms with van der Waals surface area (Å²) in [4.78, 5) is 5.38. The summed E-state index contributed by atoms with van der Waals surface area (Å²) in [5.74, 6) is 0. The second-order valence-corrected chi connectivity index (χ2v) is 6.48. The Morgan fingerprint density at radius 1 is 1.35 bits per heavy atom. The lowest BCUT2D eigenvalue weighted by atomic mass is 10.2. The zero-order chi connectivity index (χ0) is 12.1. The van der Waals surface area contributed by atoms with Crippen molar-refractivity contribution in [2.24, 2.45) is 0 Å². The summed E-state index contributed by atoms with van der Waals surface area (Å²) in [5, 5.41) is 3.54. The minimum absolute atomic E-state index is 0.848. The number of likely N-dealkylation sites (N-methyl/N-ethyl adjacent to an activating group) is 1. The van der Waals surface area contributed by atoms with E-state index in [9.17, 15) is 0 Å². The van der Waals surface area contributed by atoms with E-state index in [0.717, 1.165) is 19.1 Å². The summed E-state index contributed by atoms with van der Waals surface area (Å²) >= 11 is 1.90. The Labute approximate surface area is 109 Å². The van der Waals surface area contributed by atoms with Crippen LogP contribution in [-0.4, -0.2) is 31.1 Å². The van der Waals surface area contributed by atoms with E-state index >= 15 is 0 Å². The second kappa shape index (κ2) is 6.53.